The van der Waals surface area contributed by atoms with E-state index in [0.717, 1.165) is 28.5 Å². The Bertz CT molecular complexity index is 1930. The number of hydrogen-bond donors (Lipinski definition) is 3. The molecule has 0 atom stereocenters. The van der Waals surface area contributed by atoms with E-state index in [4.69, 9.17) is 14.5 Å². The lowest BCUT2D eigenvalue weighted by Crippen LogP contribution is -2.29. The third kappa shape index (κ3) is 6.35. The van der Waals surface area contributed by atoms with Gasteiger partial charge in [-0.15, -0.1) is 0 Å². The maximum Gasteiger partial charge on any atom is 0.342 e. The Hall–Kier alpha value is -5.43. The highest BCUT2D eigenvalue weighted by molar-refractivity contribution is 6.14. The number of aromatic amines is 1. The summed E-state index contributed by atoms with van der Waals surface area (Å²) < 4.78 is 13.3. The van der Waals surface area contributed by atoms with E-state index < -0.39 is 5.97 Å². The second-order valence-electron chi connectivity index (χ2n) is 11.4. The predicted octanol–water partition coefficient (Wildman–Crippen LogP) is 4.95. The number of nitrogens with one attached hydrogen (secondary N) is 3. The molecule has 1 amide bonds. The smallest absolute Gasteiger partial charge is 0.342 e. The van der Waals surface area contributed by atoms with Crippen molar-refractivity contribution in [3.8, 4) is 17.1 Å². The third-order valence-corrected chi connectivity index (χ3v) is 7.49. The number of anilines is 4. The van der Waals surface area contributed by atoms with Crippen LogP contribution >= 0.6 is 0 Å². The average Bonchev–Trinajstić information content (AvgIpc) is 3.59. The molecule has 13 nitrogen and oxygen atoms in total. The summed E-state index contributed by atoms with van der Waals surface area (Å²) in [5.74, 6) is -0.234. The molecule has 0 unspecified atom stereocenters. The molecule has 3 aromatic heterocycles. The number of aromatic nitrogens is 5. The number of methoxy groups -OCH3 is 1. The monoisotopic (exact) mass is 625 g/mol. The predicted molar refractivity (Wildman–Crippen MR) is 181 cm³/mol. The van der Waals surface area contributed by atoms with Crippen molar-refractivity contribution in [2.45, 2.75) is 20.0 Å². The lowest BCUT2D eigenvalue weighted by molar-refractivity contribution is -0.111. The van der Waals surface area contributed by atoms with Gasteiger partial charge in [0, 0.05) is 44.8 Å². The van der Waals surface area contributed by atoms with Crippen LogP contribution in [0.4, 0.5) is 23.0 Å². The Labute approximate surface area is 267 Å². The van der Waals surface area contributed by atoms with Crippen LogP contribution in [0.1, 0.15) is 24.2 Å². The van der Waals surface area contributed by atoms with Crippen LogP contribution in [0, 0.1) is 0 Å². The van der Waals surface area contributed by atoms with Gasteiger partial charge >= 0.3 is 5.97 Å². The van der Waals surface area contributed by atoms with Crippen LogP contribution in [0.15, 0.2) is 55.3 Å². The number of carbonyl (C=O) groups is 2. The molecule has 5 rings (SSSR count). The van der Waals surface area contributed by atoms with E-state index in [2.05, 4.69) is 37.3 Å². The fraction of sp³-hybridized carbons (Fsp3) is 0.303. The molecular weight excluding hydrogens is 586 g/mol. The maximum absolute atomic E-state index is 13.3. The minimum atomic E-state index is -0.559. The van der Waals surface area contributed by atoms with Crippen LogP contribution < -0.4 is 20.3 Å². The lowest BCUT2D eigenvalue weighted by Gasteiger charge is -2.26. The number of aryl methyl sites for hydroxylation is 1. The molecule has 5 aromatic rings. The molecule has 0 radical (unpaired) electrons. The standard InChI is InChI=1S/C33H39N9O4/c1-9-27(43)35-22-16-23(26(45-8)17-25(22)41(6)15-14-40(4)5)36-33-34-18-21(32(44)46-19(2)3)29(37-33)30-28-20-12-10-11-13-24(20)42(7)31(28)39-38-30/h9-13,16-19H,1,14-15H2,2-8H3,(H,35,43)(H,38,39)(H,34,36,37). The third-order valence-electron chi connectivity index (χ3n) is 7.49. The molecular formula is C33H39N9O4. The number of hydrogen-bond acceptors (Lipinski definition) is 10. The Morgan fingerprint density at radius 2 is 1.89 bits per heavy atom. The molecule has 46 heavy (non-hydrogen) atoms. The number of benzene rings is 2. The molecule has 0 spiro atoms. The van der Waals surface area contributed by atoms with Crippen molar-refractivity contribution in [1.29, 1.82) is 0 Å². The normalized spacial score (nSPS) is 11.3. The van der Waals surface area contributed by atoms with Crippen LogP contribution in [0.5, 0.6) is 5.75 Å². The Kier molecular flexibility index (Phi) is 9.23. The van der Waals surface area contributed by atoms with E-state index in [9.17, 15) is 9.59 Å². The zero-order chi connectivity index (χ0) is 33.1. The molecule has 3 heterocycles. The second-order valence-corrected chi connectivity index (χ2v) is 11.4. The first kappa shape index (κ1) is 32.0. The summed E-state index contributed by atoms with van der Waals surface area (Å²) in [6.07, 6.45) is 2.30. The molecule has 0 aliphatic rings. The molecule has 0 fully saturated rings. The van der Waals surface area contributed by atoms with E-state index in [-0.39, 0.29) is 23.5 Å². The van der Waals surface area contributed by atoms with Crippen molar-refractivity contribution < 1.29 is 19.1 Å². The van der Waals surface area contributed by atoms with Gasteiger partial charge in [-0.1, -0.05) is 24.8 Å². The Balaban J connectivity index is 1.63. The van der Waals surface area contributed by atoms with Gasteiger partial charge in [-0.2, -0.15) is 5.10 Å². The van der Waals surface area contributed by atoms with Crippen LogP contribution in [-0.4, -0.2) is 89.0 Å². The van der Waals surface area contributed by atoms with Crippen molar-refractivity contribution in [2.75, 3.05) is 56.9 Å². The number of esters is 1. The zero-order valence-electron chi connectivity index (χ0n) is 27.1. The fourth-order valence-corrected chi connectivity index (χ4v) is 5.18. The minimum Gasteiger partial charge on any atom is -0.494 e. The molecule has 240 valence electrons. The summed E-state index contributed by atoms with van der Waals surface area (Å²) in [6, 6.07) is 11.5. The second kappa shape index (κ2) is 13.3. The maximum atomic E-state index is 13.3. The number of rotatable bonds is 12. The summed E-state index contributed by atoms with van der Waals surface area (Å²) in [5.41, 5.74) is 4.55. The molecule has 13 heteroatoms. The van der Waals surface area contributed by atoms with Gasteiger partial charge in [0.05, 0.1) is 46.9 Å². The van der Waals surface area contributed by atoms with Gasteiger partial charge in [0.15, 0.2) is 5.65 Å². The van der Waals surface area contributed by atoms with Crippen molar-refractivity contribution in [2.24, 2.45) is 7.05 Å². The summed E-state index contributed by atoms with van der Waals surface area (Å²) in [6.45, 7) is 8.66. The number of amides is 1. The molecule has 3 N–H and O–H groups in total. The number of nitrogens with zero attached hydrogens (tertiary/aromatic N) is 6. The number of ether oxygens (including phenoxy) is 2. The summed E-state index contributed by atoms with van der Waals surface area (Å²) in [7, 11) is 9.44. The van der Waals surface area contributed by atoms with E-state index >= 15 is 0 Å². The number of para-hydroxylation sites is 1. The van der Waals surface area contributed by atoms with Gasteiger partial charge in [-0.05, 0) is 46.2 Å². The number of H-pyrrole nitrogens is 1. The average molecular weight is 626 g/mol. The van der Waals surface area contributed by atoms with Gasteiger partial charge in [-0.3, -0.25) is 9.89 Å². The number of carbonyl (C=O) groups excluding carboxylic acids is 2. The Morgan fingerprint density at radius 1 is 1.13 bits per heavy atom. The fourth-order valence-electron chi connectivity index (χ4n) is 5.18. The Morgan fingerprint density at radius 3 is 2.59 bits per heavy atom. The van der Waals surface area contributed by atoms with Crippen LogP contribution in [0.3, 0.4) is 0 Å². The topological polar surface area (TPSA) is 143 Å². The van der Waals surface area contributed by atoms with E-state index in [1.54, 1.807) is 27.0 Å². The molecule has 0 aliphatic carbocycles. The highest BCUT2D eigenvalue weighted by Gasteiger charge is 2.25. The summed E-state index contributed by atoms with van der Waals surface area (Å²) in [5, 5.41) is 15.6. The first-order valence-corrected chi connectivity index (χ1v) is 14.8. The van der Waals surface area contributed by atoms with Crippen molar-refractivity contribution in [1.82, 2.24) is 29.6 Å². The molecule has 0 saturated carbocycles. The lowest BCUT2D eigenvalue weighted by atomic mass is 10.1. The highest BCUT2D eigenvalue weighted by atomic mass is 16.5. The quantitative estimate of drug-likeness (QED) is 0.129. The van der Waals surface area contributed by atoms with Gasteiger partial charge in [0.1, 0.15) is 17.0 Å². The van der Waals surface area contributed by atoms with Crippen molar-refractivity contribution >= 4 is 56.8 Å². The molecule has 0 bridgehead atoms. The van der Waals surface area contributed by atoms with E-state index in [1.165, 1.54) is 12.3 Å². The van der Waals surface area contributed by atoms with Crippen LogP contribution in [-0.2, 0) is 16.6 Å². The van der Waals surface area contributed by atoms with Gasteiger partial charge in [0.2, 0.25) is 11.9 Å². The van der Waals surface area contributed by atoms with Gasteiger partial charge in [0.25, 0.3) is 0 Å². The number of fused-ring (bicyclic) bond motifs is 3. The minimum absolute atomic E-state index is 0.182. The SMILES string of the molecule is C=CC(=O)Nc1cc(Nc2ncc(C(=O)OC(C)C)c(-c3[nH]nc4c3c3ccccc3n4C)n2)c(OC)cc1N(C)CCN(C)C. The largest absolute Gasteiger partial charge is 0.494 e. The highest BCUT2D eigenvalue weighted by Crippen LogP contribution is 2.39. The molecule has 0 saturated heterocycles. The van der Waals surface area contributed by atoms with Crippen LogP contribution in [0.25, 0.3) is 33.3 Å². The number of likely N-dealkylation sites (N-methyl/N-ethyl adjacent to an activating group) is 2. The summed E-state index contributed by atoms with van der Waals surface area (Å²) in [4.78, 5) is 39.1. The van der Waals surface area contributed by atoms with E-state index in [0.29, 0.717) is 40.7 Å². The van der Waals surface area contributed by atoms with E-state index in [1.807, 2.05) is 68.0 Å². The summed E-state index contributed by atoms with van der Waals surface area (Å²) >= 11 is 0. The molecule has 2 aromatic carbocycles. The van der Waals surface area contributed by atoms with Crippen LogP contribution in [0.2, 0.25) is 0 Å². The zero-order valence-corrected chi connectivity index (χ0v) is 27.1. The molecule has 0 aliphatic heterocycles. The van der Waals surface area contributed by atoms with Crippen molar-refractivity contribution in [3.05, 3.63) is 60.8 Å². The first-order chi connectivity index (χ1) is 22.0. The van der Waals surface area contributed by atoms with Gasteiger partial charge < -0.3 is 34.5 Å². The van der Waals surface area contributed by atoms with Crippen molar-refractivity contribution in [3.63, 3.8) is 0 Å². The first-order valence-electron chi connectivity index (χ1n) is 14.8. The van der Waals surface area contributed by atoms with Gasteiger partial charge in [-0.25, -0.2) is 14.8 Å².